The first-order valence-corrected chi connectivity index (χ1v) is 17.2. The van der Waals surface area contributed by atoms with Crippen molar-refractivity contribution in [3.63, 3.8) is 0 Å². The second kappa shape index (κ2) is 12.1. The number of aromatic carboxylic acids is 1. The predicted octanol–water partition coefficient (Wildman–Crippen LogP) is 5.95. The van der Waals surface area contributed by atoms with Crippen molar-refractivity contribution in [2.75, 3.05) is 10.3 Å². The number of carboxylic acid groups (broad SMARTS) is 1. The van der Waals surface area contributed by atoms with Crippen LogP contribution in [0.15, 0.2) is 103 Å². The first-order valence-electron chi connectivity index (χ1n) is 16.8. The maximum absolute atomic E-state index is 15.2. The molecule has 2 heterocycles. The Hall–Kier alpha value is -5.94. The summed E-state index contributed by atoms with van der Waals surface area (Å²) in [6.07, 6.45) is 2.01. The third-order valence-electron chi connectivity index (χ3n) is 11.2. The number of aromatic hydroxyl groups is 2. The largest absolute Gasteiger partial charge is 0.508 e. The molecule has 0 aromatic heterocycles. The van der Waals surface area contributed by atoms with Crippen LogP contribution in [0.2, 0.25) is 5.02 Å². The molecule has 12 heteroatoms. The van der Waals surface area contributed by atoms with Crippen LogP contribution >= 0.6 is 11.6 Å². The second-order valence-corrected chi connectivity index (χ2v) is 14.2. The number of carbonyl (C=O) groups excluding carboxylic acids is 4. The van der Waals surface area contributed by atoms with Crippen LogP contribution in [0.25, 0.3) is 0 Å². The van der Waals surface area contributed by atoms with Crippen LogP contribution in [0.5, 0.6) is 11.5 Å². The lowest BCUT2D eigenvalue weighted by Gasteiger charge is -2.50. The monoisotopic (exact) mass is 717 g/mol. The van der Waals surface area contributed by atoms with Gasteiger partial charge in [0.25, 0.3) is 11.8 Å². The Balaban J connectivity index is 1.30. The standard InChI is InChI=1S/C40H32ClN3O8/c1-20-7-10-23(11-8-20)42-44-36(48)30-19-28-25(14-15-27-33(28)37(49)43(35(27)47)24-12-13-26(38(50)51)32(46)18-24)34(29-17-22(41)9-16-31(29)45)40(30,39(44)52)21-5-3-2-4-6-21/h2-14,16-18,27-28,30,33-34,42,45-46H,15,19H2,1H3,(H,50,51)/t27-,28+,30-,33-,34+,40+/m0/s1. The number of rotatable bonds is 6. The molecule has 0 bridgehead atoms. The van der Waals surface area contributed by atoms with Crippen molar-refractivity contribution in [1.82, 2.24) is 5.01 Å². The van der Waals surface area contributed by atoms with Crippen LogP contribution in [0, 0.1) is 30.6 Å². The fraction of sp³-hybridized carbons (Fsp3) is 0.225. The molecule has 4 aromatic carbocycles. The lowest BCUT2D eigenvalue weighted by Crippen LogP contribution is -2.53. The third kappa shape index (κ3) is 4.76. The number of hydrazine groups is 1. The fourth-order valence-corrected chi connectivity index (χ4v) is 9.12. The van der Waals surface area contributed by atoms with Crippen LogP contribution in [0.4, 0.5) is 11.4 Å². The Labute approximate surface area is 302 Å². The highest BCUT2D eigenvalue weighted by atomic mass is 35.5. The predicted molar refractivity (Wildman–Crippen MR) is 189 cm³/mol. The molecular formula is C40H32ClN3O8. The smallest absolute Gasteiger partial charge is 0.339 e. The molecule has 0 radical (unpaired) electrons. The molecule has 4 aromatic rings. The molecule has 2 saturated heterocycles. The third-order valence-corrected chi connectivity index (χ3v) is 11.4. The minimum absolute atomic E-state index is 0.0209. The van der Waals surface area contributed by atoms with Gasteiger partial charge in [-0.2, -0.15) is 5.01 Å². The SMILES string of the molecule is Cc1ccc(NN2C(=O)[C@@H]3C[C@@H]4C(=CC[C@@H]5C(=O)N(c6ccc(C(=O)O)c(O)c6)C(=O)[C@@H]54)[C@H](c4cc(Cl)ccc4O)[C@]3(c3ccccc3)C2=O)cc1. The molecule has 4 amide bonds. The number of imide groups is 2. The van der Waals surface area contributed by atoms with Crippen LogP contribution in [-0.4, -0.2) is 49.9 Å². The Morgan fingerprint density at radius 2 is 1.58 bits per heavy atom. The highest BCUT2D eigenvalue weighted by Crippen LogP contribution is 2.65. The summed E-state index contributed by atoms with van der Waals surface area (Å²) in [5.74, 6) is -8.78. The molecule has 4 N–H and O–H groups in total. The van der Waals surface area contributed by atoms with E-state index in [4.69, 9.17) is 11.6 Å². The van der Waals surface area contributed by atoms with E-state index in [0.29, 0.717) is 27.4 Å². The number of carbonyl (C=O) groups is 5. The minimum Gasteiger partial charge on any atom is -0.508 e. The van der Waals surface area contributed by atoms with Crippen molar-refractivity contribution < 1.29 is 39.3 Å². The minimum atomic E-state index is -1.59. The van der Waals surface area contributed by atoms with Gasteiger partial charge >= 0.3 is 5.97 Å². The molecular weight excluding hydrogens is 686 g/mol. The number of nitrogens with one attached hydrogen (secondary N) is 1. The number of benzene rings is 4. The van der Waals surface area contributed by atoms with Gasteiger partial charge in [0.1, 0.15) is 17.1 Å². The van der Waals surface area contributed by atoms with Crippen molar-refractivity contribution in [3.8, 4) is 11.5 Å². The summed E-state index contributed by atoms with van der Waals surface area (Å²) in [6, 6.07) is 24.2. The molecule has 0 spiro atoms. The summed E-state index contributed by atoms with van der Waals surface area (Å²) >= 11 is 6.55. The Morgan fingerprint density at radius 1 is 0.846 bits per heavy atom. The lowest BCUT2D eigenvalue weighted by molar-refractivity contribution is -0.138. The summed E-state index contributed by atoms with van der Waals surface area (Å²) in [6.45, 7) is 1.92. The van der Waals surface area contributed by atoms with Crippen molar-refractivity contribution >= 4 is 52.6 Å². The molecule has 6 atom stereocenters. The van der Waals surface area contributed by atoms with Gasteiger partial charge in [-0.25, -0.2) is 9.69 Å². The summed E-state index contributed by atoms with van der Waals surface area (Å²) in [5, 5.41) is 32.7. The van der Waals surface area contributed by atoms with E-state index in [-0.39, 0.29) is 29.8 Å². The van der Waals surface area contributed by atoms with Crippen molar-refractivity contribution in [2.24, 2.45) is 23.7 Å². The maximum atomic E-state index is 15.2. The summed E-state index contributed by atoms with van der Waals surface area (Å²) in [5.41, 5.74) is 4.06. The average Bonchev–Trinajstić information content (AvgIpc) is 3.51. The number of hydrogen-bond acceptors (Lipinski definition) is 8. The molecule has 262 valence electrons. The van der Waals surface area contributed by atoms with Gasteiger partial charge in [0.15, 0.2) is 0 Å². The quantitative estimate of drug-likeness (QED) is 0.139. The van der Waals surface area contributed by atoms with E-state index in [9.17, 15) is 34.5 Å². The Bertz CT molecular complexity index is 2240. The van der Waals surface area contributed by atoms with Gasteiger partial charge in [0.2, 0.25) is 11.8 Å². The highest BCUT2D eigenvalue weighted by molar-refractivity contribution is 6.30. The summed E-state index contributed by atoms with van der Waals surface area (Å²) in [4.78, 5) is 70.9. The van der Waals surface area contributed by atoms with E-state index in [0.717, 1.165) is 27.6 Å². The van der Waals surface area contributed by atoms with E-state index >= 15 is 4.79 Å². The van der Waals surface area contributed by atoms with E-state index < -0.39 is 70.4 Å². The number of allylic oxidation sites excluding steroid dienone is 2. The summed E-state index contributed by atoms with van der Waals surface area (Å²) < 4.78 is 0. The molecule has 0 unspecified atom stereocenters. The van der Waals surface area contributed by atoms with Crippen LogP contribution < -0.4 is 10.3 Å². The summed E-state index contributed by atoms with van der Waals surface area (Å²) in [7, 11) is 0. The molecule has 2 aliphatic heterocycles. The van der Waals surface area contributed by atoms with Crippen molar-refractivity contribution in [2.45, 2.75) is 31.1 Å². The molecule has 3 fully saturated rings. The van der Waals surface area contributed by atoms with Crippen molar-refractivity contribution in [3.05, 3.63) is 130 Å². The van der Waals surface area contributed by atoms with Gasteiger partial charge in [-0.1, -0.05) is 71.3 Å². The van der Waals surface area contributed by atoms with Gasteiger partial charge in [-0.15, -0.1) is 0 Å². The zero-order valence-corrected chi connectivity index (χ0v) is 28.4. The number of nitrogens with zero attached hydrogens (tertiary/aromatic N) is 2. The zero-order valence-electron chi connectivity index (χ0n) is 27.7. The number of hydrogen-bond donors (Lipinski definition) is 4. The normalized spacial score (nSPS) is 26.5. The number of carboxylic acids is 1. The fourth-order valence-electron chi connectivity index (χ4n) is 8.94. The number of amides is 4. The molecule has 1 saturated carbocycles. The Morgan fingerprint density at radius 3 is 2.27 bits per heavy atom. The maximum Gasteiger partial charge on any atom is 0.339 e. The van der Waals surface area contributed by atoms with Gasteiger partial charge in [0, 0.05) is 22.6 Å². The molecule has 4 aliphatic rings. The molecule has 8 rings (SSSR count). The molecule has 2 aliphatic carbocycles. The number of fused-ring (bicyclic) bond motifs is 4. The number of aryl methyl sites for hydroxylation is 1. The molecule has 11 nitrogen and oxygen atoms in total. The van der Waals surface area contributed by atoms with Crippen LogP contribution in [0.1, 0.15) is 45.8 Å². The second-order valence-electron chi connectivity index (χ2n) is 13.8. The first-order chi connectivity index (χ1) is 24.9. The first kappa shape index (κ1) is 33.2. The van der Waals surface area contributed by atoms with Gasteiger partial charge in [-0.3, -0.25) is 24.6 Å². The Kier molecular flexibility index (Phi) is 7.72. The van der Waals surface area contributed by atoms with Gasteiger partial charge in [0.05, 0.1) is 34.5 Å². The zero-order chi connectivity index (χ0) is 36.6. The average molecular weight is 718 g/mol. The van der Waals surface area contributed by atoms with E-state index in [1.807, 2.05) is 25.1 Å². The van der Waals surface area contributed by atoms with E-state index in [2.05, 4.69) is 5.43 Å². The number of halogens is 1. The topological polar surface area (TPSA) is 165 Å². The lowest BCUT2D eigenvalue weighted by atomic mass is 9.49. The van der Waals surface area contributed by atoms with E-state index in [1.54, 1.807) is 48.5 Å². The number of phenolic OH excluding ortho intramolecular Hbond substituents is 1. The van der Waals surface area contributed by atoms with Gasteiger partial charge < -0.3 is 15.3 Å². The van der Waals surface area contributed by atoms with E-state index in [1.165, 1.54) is 18.2 Å². The molecule has 52 heavy (non-hydrogen) atoms. The van der Waals surface area contributed by atoms with Crippen LogP contribution in [0.3, 0.4) is 0 Å². The van der Waals surface area contributed by atoms with Crippen molar-refractivity contribution in [1.29, 1.82) is 0 Å². The van der Waals surface area contributed by atoms with Gasteiger partial charge in [-0.05, 0) is 73.7 Å². The number of phenols is 2. The number of anilines is 2. The van der Waals surface area contributed by atoms with Crippen LogP contribution in [-0.2, 0) is 24.6 Å². The highest BCUT2D eigenvalue weighted by Gasteiger charge is 2.70.